The Bertz CT molecular complexity index is 1090. The van der Waals surface area contributed by atoms with E-state index < -0.39 is 6.04 Å². The van der Waals surface area contributed by atoms with Gasteiger partial charge in [0.1, 0.15) is 24.1 Å². The first-order valence-corrected chi connectivity index (χ1v) is 8.90. The maximum atomic E-state index is 13.0. The Labute approximate surface area is 155 Å². The number of benzene rings is 1. The van der Waals surface area contributed by atoms with Gasteiger partial charge >= 0.3 is 0 Å². The van der Waals surface area contributed by atoms with Gasteiger partial charge in [-0.3, -0.25) is 9.59 Å². The second kappa shape index (κ2) is 5.84. The monoisotopic (exact) mass is 362 g/mol. The zero-order valence-electron chi connectivity index (χ0n) is 14.8. The summed E-state index contributed by atoms with van der Waals surface area (Å²) >= 11 is 0. The smallest absolute Gasteiger partial charge is 0.266 e. The summed E-state index contributed by atoms with van der Waals surface area (Å²) < 4.78 is 5.44. The highest BCUT2D eigenvalue weighted by molar-refractivity contribution is 5.97. The summed E-state index contributed by atoms with van der Waals surface area (Å²) in [5.41, 5.74) is 3.16. The maximum Gasteiger partial charge on any atom is 0.266 e. The third-order valence-electron chi connectivity index (χ3n) is 5.23. The van der Waals surface area contributed by atoms with E-state index in [0.29, 0.717) is 18.7 Å². The lowest BCUT2D eigenvalue weighted by Gasteiger charge is -2.40. The van der Waals surface area contributed by atoms with Crippen LogP contribution in [0.25, 0.3) is 10.9 Å². The van der Waals surface area contributed by atoms with Crippen molar-refractivity contribution < 1.29 is 14.0 Å². The van der Waals surface area contributed by atoms with E-state index in [0.717, 1.165) is 27.9 Å². The fourth-order valence-corrected chi connectivity index (χ4v) is 3.91. The second-order valence-corrected chi connectivity index (χ2v) is 6.96. The zero-order valence-corrected chi connectivity index (χ0v) is 14.8. The number of nitrogens with zero attached hydrogens (tertiary/aromatic N) is 3. The quantitative estimate of drug-likeness (QED) is 0.710. The molecule has 7 heteroatoms. The molecule has 27 heavy (non-hydrogen) atoms. The molecule has 0 aliphatic carbocycles. The predicted molar refractivity (Wildman–Crippen MR) is 99.1 cm³/mol. The van der Waals surface area contributed by atoms with Crippen molar-refractivity contribution in [3.8, 4) is 0 Å². The van der Waals surface area contributed by atoms with Crippen molar-refractivity contribution in [3.05, 3.63) is 59.2 Å². The number of carbonyl (C=O) groups is 2. The highest BCUT2D eigenvalue weighted by atomic mass is 16.3. The summed E-state index contributed by atoms with van der Waals surface area (Å²) in [7, 11) is 0. The number of nitrogens with one attached hydrogen (secondary N) is 1. The van der Waals surface area contributed by atoms with Crippen LogP contribution in [0.1, 0.15) is 22.8 Å². The van der Waals surface area contributed by atoms with Gasteiger partial charge in [0.25, 0.3) is 5.91 Å². The van der Waals surface area contributed by atoms with E-state index in [1.54, 1.807) is 11.0 Å². The molecule has 1 aromatic carbocycles. The number of carbonyl (C=O) groups excluding carboxylic acids is 2. The number of hydrogen-bond donors (Lipinski definition) is 1. The Hall–Kier alpha value is -3.35. The number of aromatic nitrogens is 1. The van der Waals surface area contributed by atoms with Gasteiger partial charge in [0.05, 0.1) is 12.8 Å². The van der Waals surface area contributed by atoms with Crippen molar-refractivity contribution in [2.45, 2.75) is 25.9 Å². The molecule has 0 spiro atoms. The standard InChI is InChI=1S/C20H18N4O3/c1-12-6-7-13(27-12)9-21-24-11-19(25)23-10-17-15(8-18(23)20(24)26)14-4-2-3-5-16(14)22-17/h2-7,9,18,22H,8,10-11H2,1H3/b21-9-/t18-/m0/s1. The Morgan fingerprint density at radius 3 is 2.85 bits per heavy atom. The average molecular weight is 362 g/mol. The molecule has 4 heterocycles. The van der Waals surface area contributed by atoms with Gasteiger partial charge < -0.3 is 14.3 Å². The number of fused-ring (bicyclic) bond motifs is 4. The first kappa shape index (κ1) is 15.9. The van der Waals surface area contributed by atoms with Crippen molar-refractivity contribution in [2.75, 3.05) is 6.54 Å². The number of para-hydroxylation sites is 1. The first-order chi connectivity index (χ1) is 13.1. The Kier molecular flexibility index (Phi) is 3.43. The molecule has 2 aliphatic heterocycles. The van der Waals surface area contributed by atoms with Gasteiger partial charge in [0.2, 0.25) is 5.91 Å². The number of aromatic amines is 1. The van der Waals surface area contributed by atoms with Gasteiger partial charge in [0, 0.05) is 23.0 Å². The van der Waals surface area contributed by atoms with Crippen LogP contribution in [0.15, 0.2) is 45.9 Å². The minimum absolute atomic E-state index is 0.0545. The Morgan fingerprint density at radius 2 is 2.04 bits per heavy atom. The molecule has 5 rings (SSSR count). The second-order valence-electron chi connectivity index (χ2n) is 6.96. The minimum Gasteiger partial charge on any atom is -0.460 e. The fourth-order valence-electron chi connectivity index (χ4n) is 3.91. The molecule has 2 amide bonds. The first-order valence-electron chi connectivity index (χ1n) is 8.90. The van der Waals surface area contributed by atoms with Crippen molar-refractivity contribution in [2.24, 2.45) is 5.10 Å². The van der Waals surface area contributed by atoms with Crippen LogP contribution in [0.2, 0.25) is 0 Å². The van der Waals surface area contributed by atoms with Gasteiger partial charge in [0.15, 0.2) is 0 Å². The predicted octanol–water partition coefficient (Wildman–Crippen LogP) is 2.20. The molecule has 0 bridgehead atoms. The van der Waals surface area contributed by atoms with Crippen LogP contribution in [0, 0.1) is 6.92 Å². The topological polar surface area (TPSA) is 81.9 Å². The van der Waals surface area contributed by atoms with E-state index in [9.17, 15) is 9.59 Å². The summed E-state index contributed by atoms with van der Waals surface area (Å²) in [5, 5.41) is 6.57. The summed E-state index contributed by atoms with van der Waals surface area (Å²) in [4.78, 5) is 30.7. The van der Waals surface area contributed by atoms with Crippen molar-refractivity contribution in [3.63, 3.8) is 0 Å². The lowest BCUT2D eigenvalue weighted by Crippen LogP contribution is -2.60. The third-order valence-corrected chi connectivity index (χ3v) is 5.23. The number of hydrogen-bond acceptors (Lipinski definition) is 4. The van der Waals surface area contributed by atoms with E-state index in [1.807, 2.05) is 37.3 Å². The van der Waals surface area contributed by atoms with E-state index in [4.69, 9.17) is 4.42 Å². The highest BCUT2D eigenvalue weighted by Crippen LogP contribution is 2.32. The molecule has 136 valence electrons. The third kappa shape index (κ3) is 2.54. The van der Waals surface area contributed by atoms with E-state index in [1.165, 1.54) is 11.2 Å². The Balaban J connectivity index is 1.45. The van der Waals surface area contributed by atoms with Gasteiger partial charge in [-0.1, -0.05) is 18.2 Å². The summed E-state index contributed by atoms with van der Waals surface area (Å²) in [6.07, 6.45) is 1.98. The van der Waals surface area contributed by atoms with Crippen LogP contribution in [0.5, 0.6) is 0 Å². The Morgan fingerprint density at radius 1 is 1.19 bits per heavy atom. The van der Waals surface area contributed by atoms with Gasteiger partial charge in [-0.25, -0.2) is 5.01 Å². The molecule has 1 atom stereocenters. The zero-order chi connectivity index (χ0) is 18.5. The molecule has 2 aliphatic rings. The number of piperazine rings is 1. The molecule has 7 nitrogen and oxygen atoms in total. The summed E-state index contributed by atoms with van der Waals surface area (Å²) in [6, 6.07) is 11.1. The number of furan rings is 1. The van der Waals surface area contributed by atoms with E-state index in [2.05, 4.69) is 10.1 Å². The van der Waals surface area contributed by atoms with Crippen LogP contribution < -0.4 is 0 Å². The summed E-state index contributed by atoms with van der Waals surface area (Å²) in [5.74, 6) is 1.06. The van der Waals surface area contributed by atoms with Gasteiger partial charge in [-0.2, -0.15) is 5.10 Å². The fraction of sp³-hybridized carbons (Fsp3) is 0.250. The van der Waals surface area contributed by atoms with E-state index in [-0.39, 0.29) is 18.4 Å². The van der Waals surface area contributed by atoms with Crippen LogP contribution in [0.3, 0.4) is 0 Å². The summed E-state index contributed by atoms with van der Waals surface area (Å²) in [6.45, 7) is 2.21. The molecular formula is C20H18N4O3. The van der Waals surface area contributed by atoms with Crippen LogP contribution in [-0.4, -0.2) is 45.5 Å². The van der Waals surface area contributed by atoms with Crippen LogP contribution in [0.4, 0.5) is 0 Å². The van der Waals surface area contributed by atoms with Crippen LogP contribution >= 0.6 is 0 Å². The lowest BCUT2D eigenvalue weighted by molar-refractivity contribution is -0.157. The van der Waals surface area contributed by atoms with E-state index >= 15 is 0 Å². The van der Waals surface area contributed by atoms with Gasteiger partial charge in [-0.05, 0) is 30.7 Å². The number of H-pyrrole nitrogens is 1. The van der Waals surface area contributed by atoms with Gasteiger partial charge in [-0.15, -0.1) is 0 Å². The van der Waals surface area contributed by atoms with Crippen molar-refractivity contribution in [1.29, 1.82) is 0 Å². The molecule has 2 aromatic heterocycles. The van der Waals surface area contributed by atoms with Crippen molar-refractivity contribution >= 4 is 28.9 Å². The number of amides is 2. The average Bonchev–Trinajstić information content (AvgIpc) is 3.25. The molecule has 0 radical (unpaired) electrons. The molecule has 0 saturated carbocycles. The SMILES string of the molecule is Cc1ccc(/C=N\N2CC(=O)N3Cc4[nH]c5ccccc5c4C[C@H]3C2=O)o1. The largest absolute Gasteiger partial charge is 0.460 e. The molecule has 1 N–H and O–H groups in total. The molecule has 1 saturated heterocycles. The highest BCUT2D eigenvalue weighted by Gasteiger charge is 2.43. The normalized spacial score (nSPS) is 19.8. The lowest BCUT2D eigenvalue weighted by atomic mass is 9.94. The molecule has 0 unspecified atom stereocenters. The molecule has 3 aromatic rings. The maximum absolute atomic E-state index is 13.0. The minimum atomic E-state index is -0.520. The molecular weight excluding hydrogens is 344 g/mol. The number of rotatable bonds is 2. The molecule has 1 fully saturated rings. The number of hydrazone groups is 1. The number of aryl methyl sites for hydroxylation is 1. The van der Waals surface area contributed by atoms with Crippen LogP contribution in [-0.2, 0) is 22.6 Å². The van der Waals surface area contributed by atoms with Crippen molar-refractivity contribution in [1.82, 2.24) is 14.9 Å².